The molecule has 0 aromatic heterocycles. The Morgan fingerprint density at radius 3 is 2.30 bits per heavy atom. The van der Waals surface area contributed by atoms with Crippen molar-refractivity contribution in [2.75, 3.05) is 39.8 Å². The first kappa shape index (κ1) is 23.5. The van der Waals surface area contributed by atoms with Crippen LogP contribution in [0.2, 0.25) is 0 Å². The second kappa shape index (κ2) is 10.5. The van der Waals surface area contributed by atoms with Gasteiger partial charge in [0.1, 0.15) is 5.75 Å². The largest absolute Gasteiger partial charge is 0.497 e. The molecule has 33 heavy (non-hydrogen) atoms. The van der Waals surface area contributed by atoms with E-state index in [9.17, 15) is 13.2 Å². The Labute approximate surface area is 196 Å². The van der Waals surface area contributed by atoms with Gasteiger partial charge in [0.25, 0.3) is 0 Å². The van der Waals surface area contributed by atoms with Gasteiger partial charge in [-0.25, -0.2) is 13.1 Å². The number of nitrogens with one attached hydrogen (secondary N) is 1. The molecule has 1 aliphatic heterocycles. The van der Waals surface area contributed by atoms with Crippen LogP contribution in [0.4, 0.5) is 0 Å². The van der Waals surface area contributed by atoms with Gasteiger partial charge in [0.15, 0.2) is 0 Å². The van der Waals surface area contributed by atoms with Crippen molar-refractivity contribution in [2.24, 2.45) is 0 Å². The van der Waals surface area contributed by atoms with E-state index in [4.69, 9.17) is 4.74 Å². The van der Waals surface area contributed by atoms with E-state index in [-0.39, 0.29) is 16.8 Å². The fourth-order valence-electron chi connectivity index (χ4n) is 3.79. The highest BCUT2D eigenvalue weighted by Gasteiger charge is 2.27. The lowest BCUT2D eigenvalue weighted by molar-refractivity contribution is -0.127. The lowest BCUT2D eigenvalue weighted by Crippen LogP contribution is -2.48. The van der Waals surface area contributed by atoms with E-state index >= 15 is 0 Å². The molecule has 0 unspecified atom stereocenters. The molecule has 7 nitrogen and oxygen atoms in total. The van der Waals surface area contributed by atoms with Crippen molar-refractivity contribution in [1.29, 1.82) is 0 Å². The summed E-state index contributed by atoms with van der Waals surface area (Å²) in [5, 5.41) is 0. The van der Waals surface area contributed by atoms with Gasteiger partial charge < -0.3 is 9.64 Å². The summed E-state index contributed by atoms with van der Waals surface area (Å²) >= 11 is 0. The minimum Gasteiger partial charge on any atom is -0.497 e. The highest BCUT2D eigenvalue weighted by Crippen LogP contribution is 2.22. The summed E-state index contributed by atoms with van der Waals surface area (Å²) in [4.78, 5) is 17.1. The van der Waals surface area contributed by atoms with E-state index in [0.29, 0.717) is 13.1 Å². The van der Waals surface area contributed by atoms with Gasteiger partial charge in [-0.2, -0.15) is 0 Å². The van der Waals surface area contributed by atoms with E-state index in [1.807, 2.05) is 17.0 Å². The number of benzene rings is 2. The molecule has 0 spiro atoms. The number of sulfonamides is 1. The molecule has 1 amide bonds. The van der Waals surface area contributed by atoms with Crippen LogP contribution in [-0.2, 0) is 21.2 Å². The third kappa shape index (κ3) is 6.66. The lowest BCUT2D eigenvalue weighted by Gasteiger charge is -2.34. The first-order valence-electron chi connectivity index (χ1n) is 11.4. The minimum atomic E-state index is -3.45. The van der Waals surface area contributed by atoms with Gasteiger partial charge in [0.2, 0.25) is 15.9 Å². The Bertz CT molecular complexity index is 1070. The summed E-state index contributed by atoms with van der Waals surface area (Å²) in [6.07, 6.45) is 6.08. The van der Waals surface area contributed by atoms with E-state index < -0.39 is 10.0 Å². The fraction of sp³-hybridized carbons (Fsp3) is 0.400. The number of piperazine rings is 1. The molecule has 1 aliphatic carbocycles. The average Bonchev–Trinajstić information content (AvgIpc) is 3.65. The summed E-state index contributed by atoms with van der Waals surface area (Å²) in [6.45, 7) is 4.09. The molecule has 1 heterocycles. The van der Waals surface area contributed by atoms with Crippen molar-refractivity contribution in [2.45, 2.75) is 30.2 Å². The fourth-order valence-corrected chi connectivity index (χ4v) is 5.10. The van der Waals surface area contributed by atoms with Gasteiger partial charge in [-0.15, -0.1) is 0 Å². The van der Waals surface area contributed by atoms with Crippen LogP contribution in [0.5, 0.6) is 5.75 Å². The Balaban J connectivity index is 1.22. The Morgan fingerprint density at radius 2 is 1.70 bits per heavy atom. The van der Waals surface area contributed by atoms with Gasteiger partial charge >= 0.3 is 0 Å². The number of hydrogen-bond donors (Lipinski definition) is 1. The summed E-state index contributed by atoms with van der Waals surface area (Å²) < 4.78 is 32.4. The van der Waals surface area contributed by atoms with Crippen LogP contribution >= 0.6 is 0 Å². The van der Waals surface area contributed by atoms with E-state index in [2.05, 4.69) is 21.8 Å². The number of ether oxygens (including phenoxy) is 1. The van der Waals surface area contributed by atoms with Crippen LogP contribution in [-0.4, -0.2) is 70.0 Å². The zero-order valence-corrected chi connectivity index (χ0v) is 19.8. The quantitative estimate of drug-likeness (QED) is 0.571. The first-order valence-corrected chi connectivity index (χ1v) is 12.9. The summed E-state index contributed by atoms with van der Waals surface area (Å²) in [6, 6.07) is 14.8. The molecule has 2 aromatic rings. The van der Waals surface area contributed by atoms with Gasteiger partial charge in [0.05, 0.1) is 12.0 Å². The lowest BCUT2D eigenvalue weighted by atomic mass is 10.1. The van der Waals surface area contributed by atoms with Crippen molar-refractivity contribution in [3.63, 3.8) is 0 Å². The number of nitrogens with zero attached hydrogens (tertiary/aromatic N) is 2. The molecule has 1 saturated heterocycles. The highest BCUT2D eigenvalue weighted by molar-refractivity contribution is 7.89. The predicted octanol–water partition coefficient (Wildman–Crippen LogP) is 2.54. The molecule has 0 radical (unpaired) electrons. The van der Waals surface area contributed by atoms with Gasteiger partial charge in [-0.3, -0.25) is 9.69 Å². The molecular weight excluding hydrogens is 438 g/mol. The summed E-state index contributed by atoms with van der Waals surface area (Å²) in [5.41, 5.74) is 2.08. The van der Waals surface area contributed by atoms with Crippen molar-refractivity contribution in [3.8, 4) is 5.75 Å². The second-order valence-electron chi connectivity index (χ2n) is 8.56. The topological polar surface area (TPSA) is 79.0 Å². The Hall–Kier alpha value is -2.68. The standard InChI is InChI=1S/C25H31N3O4S/c1-32-23-9-2-21(3-10-23)14-15-27-16-18-28(19-17-27)25(29)13-6-20-4-11-24(12-5-20)33(30,31)26-22-7-8-22/h2-6,9-13,22,26H,7-8,14-19H2,1H3/b13-6+. The monoisotopic (exact) mass is 469 g/mol. The normalized spacial score (nSPS) is 17.4. The molecule has 1 saturated carbocycles. The van der Waals surface area contributed by atoms with Crippen molar-refractivity contribution in [3.05, 3.63) is 65.7 Å². The second-order valence-corrected chi connectivity index (χ2v) is 10.3. The number of methoxy groups -OCH3 is 1. The van der Waals surface area contributed by atoms with Crippen LogP contribution < -0.4 is 9.46 Å². The number of amides is 1. The van der Waals surface area contributed by atoms with Gasteiger partial charge in [-0.1, -0.05) is 24.3 Å². The van der Waals surface area contributed by atoms with Crippen LogP contribution in [0.25, 0.3) is 6.08 Å². The molecule has 2 aliphatic rings. The van der Waals surface area contributed by atoms with E-state index in [1.54, 1.807) is 43.5 Å². The molecule has 176 valence electrons. The van der Waals surface area contributed by atoms with Crippen LogP contribution in [0.1, 0.15) is 24.0 Å². The zero-order valence-electron chi connectivity index (χ0n) is 18.9. The Morgan fingerprint density at radius 1 is 1.03 bits per heavy atom. The maximum absolute atomic E-state index is 12.6. The zero-order chi connectivity index (χ0) is 23.3. The molecule has 4 rings (SSSR count). The minimum absolute atomic E-state index is 0.0168. The van der Waals surface area contributed by atoms with Crippen molar-refractivity contribution < 1.29 is 17.9 Å². The predicted molar refractivity (Wildman–Crippen MR) is 129 cm³/mol. The third-order valence-electron chi connectivity index (χ3n) is 6.07. The van der Waals surface area contributed by atoms with Crippen LogP contribution in [0, 0.1) is 0 Å². The molecule has 1 N–H and O–H groups in total. The summed E-state index contributed by atoms with van der Waals surface area (Å²) in [7, 11) is -1.78. The van der Waals surface area contributed by atoms with Crippen LogP contribution in [0.15, 0.2) is 59.5 Å². The highest BCUT2D eigenvalue weighted by atomic mass is 32.2. The smallest absolute Gasteiger partial charge is 0.246 e. The summed E-state index contributed by atoms with van der Waals surface area (Å²) in [5.74, 6) is 0.849. The first-order chi connectivity index (χ1) is 15.9. The number of carbonyl (C=O) groups is 1. The third-order valence-corrected chi connectivity index (χ3v) is 7.60. The molecule has 2 aromatic carbocycles. The average molecular weight is 470 g/mol. The van der Waals surface area contributed by atoms with Gasteiger partial charge in [-0.05, 0) is 60.7 Å². The van der Waals surface area contributed by atoms with Gasteiger partial charge in [0, 0.05) is 44.8 Å². The SMILES string of the molecule is COc1ccc(CCN2CCN(C(=O)/C=C/c3ccc(S(=O)(=O)NC4CC4)cc3)CC2)cc1. The number of hydrogen-bond acceptors (Lipinski definition) is 5. The number of carbonyl (C=O) groups excluding carboxylic acids is 1. The molecule has 0 atom stereocenters. The van der Waals surface area contributed by atoms with Crippen LogP contribution in [0.3, 0.4) is 0 Å². The van der Waals surface area contributed by atoms with E-state index in [1.165, 1.54) is 5.56 Å². The molecule has 0 bridgehead atoms. The maximum atomic E-state index is 12.6. The van der Waals surface area contributed by atoms with Crippen molar-refractivity contribution in [1.82, 2.24) is 14.5 Å². The van der Waals surface area contributed by atoms with E-state index in [0.717, 1.165) is 50.2 Å². The van der Waals surface area contributed by atoms with Crippen molar-refractivity contribution >= 4 is 22.0 Å². The molecule has 8 heteroatoms. The maximum Gasteiger partial charge on any atom is 0.246 e. The molecule has 2 fully saturated rings. The molecular formula is C25H31N3O4S. The Kier molecular flexibility index (Phi) is 7.47. The number of rotatable bonds is 9.